The second-order valence-corrected chi connectivity index (χ2v) is 5.12. The van der Waals surface area contributed by atoms with Crippen LogP contribution in [0.1, 0.15) is 33.6 Å². The van der Waals surface area contributed by atoms with Crippen molar-refractivity contribution in [1.29, 1.82) is 0 Å². The van der Waals surface area contributed by atoms with Gasteiger partial charge in [0.2, 0.25) is 0 Å². The first-order valence-corrected chi connectivity index (χ1v) is 5.54. The second kappa shape index (κ2) is 4.97. The Bertz CT molecular complexity index is 137. The second-order valence-electron chi connectivity index (χ2n) is 5.12. The van der Waals surface area contributed by atoms with Crippen LogP contribution in [-0.4, -0.2) is 26.2 Å². The molecule has 1 heterocycles. The van der Waals surface area contributed by atoms with Crippen molar-refractivity contribution in [2.45, 2.75) is 33.6 Å². The number of hydrogen-bond donors (Lipinski definition) is 2. The van der Waals surface area contributed by atoms with E-state index in [1.54, 1.807) is 0 Å². The standard InChI is InChI=1S/C11H24N2/c1-10(2)7-13-9-11(3)5-4-6-12-8-11/h10,12-13H,4-9H2,1-3H3. The lowest BCUT2D eigenvalue weighted by Gasteiger charge is -2.34. The van der Waals surface area contributed by atoms with Gasteiger partial charge in [-0.3, -0.25) is 0 Å². The monoisotopic (exact) mass is 184 g/mol. The normalized spacial score (nSPS) is 29.5. The summed E-state index contributed by atoms with van der Waals surface area (Å²) >= 11 is 0. The Morgan fingerprint density at radius 3 is 2.77 bits per heavy atom. The third-order valence-corrected chi connectivity index (χ3v) is 2.79. The zero-order chi connectivity index (χ0) is 9.73. The molecule has 1 saturated heterocycles. The van der Waals surface area contributed by atoms with Gasteiger partial charge in [0, 0.05) is 13.1 Å². The lowest BCUT2D eigenvalue weighted by atomic mass is 9.83. The molecule has 2 N–H and O–H groups in total. The molecule has 1 unspecified atom stereocenters. The zero-order valence-corrected chi connectivity index (χ0v) is 9.32. The molecule has 0 amide bonds. The Hall–Kier alpha value is -0.0800. The summed E-state index contributed by atoms with van der Waals surface area (Å²) in [5.41, 5.74) is 0.493. The minimum Gasteiger partial charge on any atom is -0.316 e. The van der Waals surface area contributed by atoms with Crippen molar-refractivity contribution in [2.75, 3.05) is 26.2 Å². The largest absolute Gasteiger partial charge is 0.316 e. The molecule has 0 aliphatic carbocycles. The summed E-state index contributed by atoms with van der Waals surface area (Å²) in [6, 6.07) is 0. The van der Waals surface area contributed by atoms with E-state index in [1.807, 2.05) is 0 Å². The SMILES string of the molecule is CC(C)CNCC1(C)CCCNC1. The van der Waals surface area contributed by atoms with Gasteiger partial charge in [-0.15, -0.1) is 0 Å². The number of hydrogen-bond acceptors (Lipinski definition) is 2. The number of nitrogens with one attached hydrogen (secondary N) is 2. The van der Waals surface area contributed by atoms with Crippen LogP contribution in [0.15, 0.2) is 0 Å². The van der Waals surface area contributed by atoms with Gasteiger partial charge in [0.05, 0.1) is 0 Å². The first kappa shape index (κ1) is 11.0. The van der Waals surface area contributed by atoms with Gasteiger partial charge >= 0.3 is 0 Å². The number of rotatable bonds is 4. The molecule has 0 aromatic heterocycles. The highest BCUT2D eigenvalue weighted by molar-refractivity contribution is 4.83. The molecule has 0 spiro atoms. The van der Waals surface area contributed by atoms with Gasteiger partial charge in [-0.05, 0) is 37.3 Å². The molecule has 0 radical (unpaired) electrons. The summed E-state index contributed by atoms with van der Waals surface area (Å²) in [6.07, 6.45) is 2.70. The highest BCUT2D eigenvalue weighted by Gasteiger charge is 2.25. The third kappa shape index (κ3) is 4.10. The van der Waals surface area contributed by atoms with Crippen molar-refractivity contribution in [2.24, 2.45) is 11.3 Å². The van der Waals surface area contributed by atoms with Gasteiger partial charge in [-0.2, -0.15) is 0 Å². The molecule has 0 saturated carbocycles. The molecule has 1 aliphatic heterocycles. The molecule has 78 valence electrons. The van der Waals surface area contributed by atoms with E-state index in [1.165, 1.54) is 25.9 Å². The van der Waals surface area contributed by atoms with Gasteiger partial charge in [0.15, 0.2) is 0 Å². The van der Waals surface area contributed by atoms with Crippen molar-refractivity contribution >= 4 is 0 Å². The Kier molecular flexibility index (Phi) is 4.20. The molecular weight excluding hydrogens is 160 g/mol. The molecule has 13 heavy (non-hydrogen) atoms. The summed E-state index contributed by atoms with van der Waals surface area (Å²) in [6.45, 7) is 11.6. The first-order chi connectivity index (χ1) is 6.12. The maximum atomic E-state index is 3.56. The van der Waals surface area contributed by atoms with E-state index in [-0.39, 0.29) is 0 Å². The average molecular weight is 184 g/mol. The van der Waals surface area contributed by atoms with Gasteiger partial charge in [0.25, 0.3) is 0 Å². The van der Waals surface area contributed by atoms with Crippen molar-refractivity contribution in [1.82, 2.24) is 10.6 Å². The highest BCUT2D eigenvalue weighted by Crippen LogP contribution is 2.23. The van der Waals surface area contributed by atoms with Crippen LogP contribution in [0.2, 0.25) is 0 Å². The van der Waals surface area contributed by atoms with Crippen LogP contribution in [0.3, 0.4) is 0 Å². The Balaban J connectivity index is 2.17. The van der Waals surface area contributed by atoms with E-state index in [0.717, 1.165) is 19.0 Å². The average Bonchev–Trinajstić information content (AvgIpc) is 2.04. The van der Waals surface area contributed by atoms with Crippen molar-refractivity contribution in [3.8, 4) is 0 Å². The predicted octanol–water partition coefficient (Wildman–Crippen LogP) is 1.62. The first-order valence-electron chi connectivity index (χ1n) is 5.54. The van der Waals surface area contributed by atoms with Crippen molar-refractivity contribution < 1.29 is 0 Å². The molecule has 2 nitrogen and oxygen atoms in total. The van der Waals surface area contributed by atoms with Crippen LogP contribution >= 0.6 is 0 Å². The van der Waals surface area contributed by atoms with Gasteiger partial charge in [0.1, 0.15) is 0 Å². The van der Waals surface area contributed by atoms with Crippen LogP contribution < -0.4 is 10.6 Å². The molecule has 1 aliphatic rings. The Morgan fingerprint density at radius 2 is 2.23 bits per heavy atom. The summed E-state index contributed by atoms with van der Waals surface area (Å²) in [4.78, 5) is 0. The summed E-state index contributed by atoms with van der Waals surface area (Å²) < 4.78 is 0. The molecule has 0 bridgehead atoms. The van der Waals surface area contributed by atoms with Gasteiger partial charge < -0.3 is 10.6 Å². The fourth-order valence-electron chi connectivity index (χ4n) is 1.93. The van der Waals surface area contributed by atoms with Crippen LogP contribution in [-0.2, 0) is 0 Å². The topological polar surface area (TPSA) is 24.1 Å². The quantitative estimate of drug-likeness (QED) is 0.694. The molecule has 0 aromatic rings. The van der Waals surface area contributed by atoms with E-state index < -0.39 is 0 Å². The molecule has 0 aromatic carbocycles. The maximum Gasteiger partial charge on any atom is 0.00174 e. The van der Waals surface area contributed by atoms with Crippen LogP contribution in [0.4, 0.5) is 0 Å². The zero-order valence-electron chi connectivity index (χ0n) is 9.32. The molecule has 1 rings (SSSR count). The maximum absolute atomic E-state index is 3.56. The van der Waals surface area contributed by atoms with E-state index in [2.05, 4.69) is 31.4 Å². The Morgan fingerprint density at radius 1 is 1.46 bits per heavy atom. The molecule has 1 fully saturated rings. The van der Waals surface area contributed by atoms with Crippen LogP contribution in [0.5, 0.6) is 0 Å². The highest BCUT2D eigenvalue weighted by atomic mass is 14.9. The van der Waals surface area contributed by atoms with Gasteiger partial charge in [-0.25, -0.2) is 0 Å². The smallest absolute Gasteiger partial charge is 0.00174 e. The molecule has 2 heteroatoms. The minimum atomic E-state index is 0.493. The fraction of sp³-hybridized carbons (Fsp3) is 1.00. The van der Waals surface area contributed by atoms with E-state index in [0.29, 0.717) is 5.41 Å². The van der Waals surface area contributed by atoms with Crippen LogP contribution in [0, 0.1) is 11.3 Å². The fourth-order valence-corrected chi connectivity index (χ4v) is 1.93. The van der Waals surface area contributed by atoms with E-state index in [4.69, 9.17) is 0 Å². The lowest BCUT2D eigenvalue weighted by Crippen LogP contribution is -2.44. The van der Waals surface area contributed by atoms with E-state index >= 15 is 0 Å². The number of piperidine rings is 1. The van der Waals surface area contributed by atoms with E-state index in [9.17, 15) is 0 Å². The van der Waals surface area contributed by atoms with Gasteiger partial charge in [-0.1, -0.05) is 20.8 Å². The summed E-state index contributed by atoms with van der Waals surface area (Å²) in [5, 5.41) is 7.03. The summed E-state index contributed by atoms with van der Waals surface area (Å²) in [7, 11) is 0. The predicted molar refractivity (Wildman–Crippen MR) is 57.9 cm³/mol. The van der Waals surface area contributed by atoms with Crippen molar-refractivity contribution in [3.63, 3.8) is 0 Å². The minimum absolute atomic E-state index is 0.493. The lowest BCUT2D eigenvalue weighted by molar-refractivity contribution is 0.224. The van der Waals surface area contributed by atoms with Crippen molar-refractivity contribution in [3.05, 3.63) is 0 Å². The third-order valence-electron chi connectivity index (χ3n) is 2.79. The van der Waals surface area contributed by atoms with Crippen LogP contribution in [0.25, 0.3) is 0 Å². The Labute approximate surface area is 82.5 Å². The molecule has 1 atom stereocenters. The summed E-state index contributed by atoms with van der Waals surface area (Å²) in [5.74, 6) is 0.764. The molecular formula is C11H24N2.